The number of rotatable bonds is 5. The molecule has 2 aliphatic heterocycles. The molecule has 0 aliphatic carbocycles. The van der Waals surface area contributed by atoms with Gasteiger partial charge in [0.1, 0.15) is 9.93 Å². The third-order valence-electron chi connectivity index (χ3n) is 6.21. The van der Waals surface area contributed by atoms with E-state index in [0.717, 1.165) is 49.5 Å². The number of amidine groups is 1. The third kappa shape index (κ3) is 4.79. The Morgan fingerprint density at radius 1 is 1.00 bits per heavy atom. The molecule has 1 amide bonds. The number of nitrogens with zero attached hydrogens (tertiary/aromatic N) is 4. The second-order valence-corrected chi connectivity index (χ2v) is 12.3. The summed E-state index contributed by atoms with van der Waals surface area (Å²) in [6.45, 7) is 5.40. The predicted molar refractivity (Wildman–Crippen MR) is 158 cm³/mol. The number of thiazole rings is 1. The molecule has 3 aromatic carbocycles. The smallest absolute Gasteiger partial charge is 0.269 e. The number of aromatic nitrogens is 1. The van der Waals surface area contributed by atoms with Gasteiger partial charge >= 0.3 is 0 Å². The second-order valence-electron chi connectivity index (χ2n) is 8.67. The quantitative estimate of drug-likeness (QED) is 0.232. The molecular weight excluding hydrogens is 540 g/mol. The molecule has 6 rings (SSSR count). The highest BCUT2D eigenvalue weighted by atomic mass is 35.5. The zero-order chi connectivity index (χ0) is 25.5. The monoisotopic (exact) mass is 562 g/mol. The maximum absolute atomic E-state index is 13.9. The van der Waals surface area contributed by atoms with E-state index in [0.29, 0.717) is 21.6 Å². The molecule has 0 unspecified atom stereocenters. The summed E-state index contributed by atoms with van der Waals surface area (Å²) >= 11 is 11.0. The molecule has 37 heavy (non-hydrogen) atoms. The maximum Gasteiger partial charge on any atom is 0.269 e. The van der Waals surface area contributed by atoms with Crippen molar-refractivity contribution in [2.24, 2.45) is 4.99 Å². The molecule has 5 nitrogen and oxygen atoms in total. The maximum atomic E-state index is 13.9. The van der Waals surface area contributed by atoms with E-state index in [9.17, 15) is 4.79 Å². The van der Waals surface area contributed by atoms with Gasteiger partial charge in [-0.1, -0.05) is 53.7 Å². The van der Waals surface area contributed by atoms with Crippen LogP contribution in [0.25, 0.3) is 10.2 Å². The van der Waals surface area contributed by atoms with Gasteiger partial charge in [0.05, 0.1) is 26.6 Å². The normalized spacial score (nSPS) is 18.5. The second kappa shape index (κ2) is 10.2. The van der Waals surface area contributed by atoms with Crippen LogP contribution in [0.2, 0.25) is 5.02 Å². The van der Waals surface area contributed by atoms with E-state index < -0.39 is 0 Å². The number of halogens is 1. The van der Waals surface area contributed by atoms with Crippen molar-refractivity contribution in [3.8, 4) is 0 Å². The van der Waals surface area contributed by atoms with Crippen molar-refractivity contribution in [1.82, 2.24) is 9.88 Å². The third-order valence-corrected chi connectivity index (χ3v) is 9.77. The molecule has 2 aliphatic rings. The van der Waals surface area contributed by atoms with Crippen LogP contribution < -0.4 is 4.90 Å². The van der Waals surface area contributed by atoms with Crippen molar-refractivity contribution < 1.29 is 4.79 Å². The number of amides is 1. The van der Waals surface area contributed by atoms with Gasteiger partial charge in [-0.15, -0.1) is 11.3 Å². The van der Waals surface area contributed by atoms with Gasteiger partial charge in [0.2, 0.25) is 0 Å². The fraction of sp³-hybridized carbons (Fsp3) is 0.179. The number of fused-ring (bicyclic) bond motifs is 2. The van der Waals surface area contributed by atoms with Gasteiger partial charge in [-0.05, 0) is 74.0 Å². The molecule has 0 N–H and O–H groups in total. The van der Waals surface area contributed by atoms with Crippen LogP contribution in [0.3, 0.4) is 0 Å². The van der Waals surface area contributed by atoms with E-state index in [1.807, 2.05) is 60.4 Å². The van der Waals surface area contributed by atoms with Crippen molar-refractivity contribution in [2.75, 3.05) is 18.0 Å². The minimum absolute atomic E-state index is 0.00915. The zero-order valence-corrected chi connectivity index (χ0v) is 23.5. The summed E-state index contributed by atoms with van der Waals surface area (Å²) in [6.07, 6.45) is 0.750. The molecule has 1 aromatic heterocycles. The lowest BCUT2D eigenvalue weighted by Crippen LogP contribution is -2.32. The number of aryl methyl sites for hydroxylation is 1. The van der Waals surface area contributed by atoms with Gasteiger partial charge in [-0.3, -0.25) is 9.69 Å². The summed E-state index contributed by atoms with van der Waals surface area (Å²) in [5.41, 5.74) is 3.96. The topological polar surface area (TPSA) is 48.8 Å². The van der Waals surface area contributed by atoms with Crippen molar-refractivity contribution in [1.29, 1.82) is 0 Å². The Kier molecular flexibility index (Phi) is 6.75. The number of carbonyl (C=O) groups is 1. The fourth-order valence-electron chi connectivity index (χ4n) is 4.45. The van der Waals surface area contributed by atoms with Gasteiger partial charge in [-0.2, -0.15) is 0 Å². The van der Waals surface area contributed by atoms with Crippen LogP contribution in [0.1, 0.15) is 17.5 Å². The highest BCUT2D eigenvalue weighted by molar-refractivity contribution is 8.19. The summed E-state index contributed by atoms with van der Waals surface area (Å²) in [5, 5.41) is 3.35. The summed E-state index contributed by atoms with van der Waals surface area (Å²) in [4.78, 5) is 29.3. The number of anilines is 1. The van der Waals surface area contributed by atoms with Gasteiger partial charge in [-0.25, -0.2) is 9.98 Å². The Balaban J connectivity index is 1.39. The largest absolute Gasteiger partial charge is 0.334 e. The van der Waals surface area contributed by atoms with Crippen LogP contribution in [-0.2, 0) is 11.2 Å². The van der Waals surface area contributed by atoms with Gasteiger partial charge < -0.3 is 4.90 Å². The highest BCUT2D eigenvalue weighted by Gasteiger charge is 2.39. The van der Waals surface area contributed by atoms with Gasteiger partial charge in [0.25, 0.3) is 5.91 Å². The molecule has 0 atom stereocenters. The van der Waals surface area contributed by atoms with E-state index in [-0.39, 0.29) is 5.91 Å². The highest BCUT2D eigenvalue weighted by Crippen LogP contribution is 2.51. The van der Waals surface area contributed by atoms with Crippen molar-refractivity contribution in [2.45, 2.75) is 25.2 Å². The first kappa shape index (κ1) is 24.6. The Bertz CT molecular complexity index is 1580. The molecule has 0 spiro atoms. The van der Waals surface area contributed by atoms with Gasteiger partial charge in [0.15, 0.2) is 5.17 Å². The Hall–Kier alpha value is -2.78. The fourth-order valence-corrected chi connectivity index (χ4v) is 7.82. The molecule has 0 bridgehead atoms. The first-order chi connectivity index (χ1) is 18.0. The average molecular weight is 563 g/mol. The van der Waals surface area contributed by atoms with Crippen molar-refractivity contribution >= 4 is 79.1 Å². The molecule has 3 heterocycles. The first-order valence-electron chi connectivity index (χ1n) is 12.0. The van der Waals surface area contributed by atoms with Crippen LogP contribution in [0.5, 0.6) is 0 Å². The number of aliphatic imine (C=N–C) groups is 1. The summed E-state index contributed by atoms with van der Waals surface area (Å²) in [7, 11) is 0. The van der Waals surface area contributed by atoms with E-state index in [2.05, 4.69) is 35.0 Å². The molecule has 0 radical (unpaired) electrons. The Labute approximate surface area is 233 Å². The minimum atomic E-state index is -0.00915. The standard InChI is InChI=1S/C28H23ClN4OS3/c1-3-32-22-15-19(29)9-11-24(22)36-27(32)25-26(34)33(14-13-18-7-5-4-6-8-18)28(37-25)31-20-10-12-23-21(16-20)30-17(2)35-23/h4-12,15-16H,3,13-14H2,1-2H3. The van der Waals surface area contributed by atoms with E-state index in [1.165, 1.54) is 17.3 Å². The van der Waals surface area contributed by atoms with Crippen LogP contribution in [-0.4, -0.2) is 34.0 Å². The minimum Gasteiger partial charge on any atom is -0.334 e. The SMILES string of the molecule is CCN1C(=C2SC(=Nc3ccc4sc(C)nc4c3)N(CCc3ccccc3)C2=O)Sc2ccc(Cl)cc21. The van der Waals surface area contributed by atoms with E-state index in [1.54, 1.807) is 23.1 Å². The first-order valence-corrected chi connectivity index (χ1v) is 14.8. The van der Waals surface area contributed by atoms with Crippen LogP contribution in [0.4, 0.5) is 11.4 Å². The lowest BCUT2D eigenvalue weighted by molar-refractivity contribution is -0.122. The molecule has 9 heteroatoms. The Morgan fingerprint density at radius 2 is 1.84 bits per heavy atom. The zero-order valence-electron chi connectivity index (χ0n) is 20.3. The molecule has 1 fully saturated rings. The van der Waals surface area contributed by atoms with Crippen LogP contribution in [0.15, 0.2) is 86.6 Å². The Morgan fingerprint density at radius 3 is 2.65 bits per heavy atom. The van der Waals surface area contributed by atoms with E-state index in [4.69, 9.17) is 16.6 Å². The average Bonchev–Trinajstić information content (AvgIpc) is 3.54. The summed E-state index contributed by atoms with van der Waals surface area (Å²) in [5.74, 6) is -0.00915. The van der Waals surface area contributed by atoms with Gasteiger partial charge in [0, 0.05) is 23.0 Å². The lowest BCUT2D eigenvalue weighted by atomic mass is 10.1. The van der Waals surface area contributed by atoms with Crippen LogP contribution in [0, 0.1) is 6.92 Å². The number of hydrogen-bond acceptors (Lipinski definition) is 7. The molecular formula is C28H23ClN4OS3. The van der Waals surface area contributed by atoms with Crippen molar-refractivity contribution in [3.05, 3.63) is 92.3 Å². The number of carbonyl (C=O) groups excluding carboxylic acids is 1. The molecule has 186 valence electrons. The number of thioether (sulfide) groups is 2. The summed E-state index contributed by atoms with van der Waals surface area (Å²) < 4.78 is 1.14. The number of hydrogen-bond donors (Lipinski definition) is 0. The van der Waals surface area contributed by atoms with Crippen LogP contribution >= 0.6 is 46.5 Å². The predicted octanol–water partition coefficient (Wildman–Crippen LogP) is 7.87. The lowest BCUT2D eigenvalue weighted by Gasteiger charge is -2.19. The van der Waals surface area contributed by atoms with E-state index >= 15 is 0 Å². The molecule has 1 saturated heterocycles. The van der Waals surface area contributed by atoms with Crippen molar-refractivity contribution in [3.63, 3.8) is 0 Å². The molecule has 0 saturated carbocycles. The summed E-state index contributed by atoms with van der Waals surface area (Å²) in [6, 6.07) is 22.2. The number of benzene rings is 3. The molecule has 4 aromatic rings.